The van der Waals surface area contributed by atoms with Crippen LogP contribution in [-0.2, 0) is 0 Å². The summed E-state index contributed by atoms with van der Waals surface area (Å²) in [5.41, 5.74) is 0. The number of hydrogen-bond acceptors (Lipinski definition) is 1. The molecule has 1 saturated carbocycles. The highest BCUT2D eigenvalue weighted by atomic mass is 35.5. The average Bonchev–Trinajstić information content (AvgIpc) is 1.74. The molecule has 1 nitrogen and oxygen atoms in total. The third-order valence-corrected chi connectivity index (χ3v) is 2.19. The summed E-state index contributed by atoms with van der Waals surface area (Å²) in [6, 6.07) is 0. The predicted molar refractivity (Wildman–Crippen MR) is 43.4 cm³/mol. The molecule has 0 aromatic carbocycles. The summed E-state index contributed by atoms with van der Waals surface area (Å²) in [7, 11) is 1.76. The highest BCUT2D eigenvalue weighted by Crippen LogP contribution is 2.44. The molecule has 0 saturated heterocycles. The predicted octanol–water partition coefficient (Wildman–Crippen LogP) is 2.22. The fraction of sp³-hybridized carbons (Fsp3) is 1.00. The first-order chi connectivity index (χ1) is 5.04. The molecule has 5 heteroatoms. The fourth-order valence-electron chi connectivity index (χ4n) is 1.46. The van der Waals surface area contributed by atoms with Gasteiger partial charge in [-0.2, -0.15) is 13.2 Å². The maximum absolute atomic E-state index is 11.9. The minimum atomic E-state index is -3.95. The van der Waals surface area contributed by atoms with Crippen molar-refractivity contribution >= 4 is 12.4 Å². The second-order valence-corrected chi connectivity index (χ2v) is 3.13. The molecule has 1 rings (SSSR count). The Balaban J connectivity index is 0.00000121. The summed E-state index contributed by atoms with van der Waals surface area (Å²) in [4.78, 5) is 0. The quantitative estimate of drug-likeness (QED) is 0.726. The van der Waals surface area contributed by atoms with E-state index in [4.69, 9.17) is 0 Å². The monoisotopic (exact) mass is 203 g/mol. The number of alkyl halides is 3. The Morgan fingerprint density at radius 3 is 2.17 bits per heavy atom. The molecule has 1 aliphatic rings. The lowest BCUT2D eigenvalue weighted by Crippen LogP contribution is -2.39. The third-order valence-electron chi connectivity index (χ3n) is 2.19. The van der Waals surface area contributed by atoms with E-state index in [1.807, 2.05) is 0 Å². The molecule has 0 bridgehead atoms. The number of hydrogen-bond donors (Lipinski definition) is 1. The zero-order valence-electron chi connectivity index (χ0n) is 6.82. The molecule has 0 amide bonds. The molecule has 12 heavy (non-hydrogen) atoms. The van der Waals surface area contributed by atoms with Crippen molar-refractivity contribution in [2.45, 2.75) is 19.0 Å². The van der Waals surface area contributed by atoms with Crippen LogP contribution in [0.25, 0.3) is 0 Å². The molecule has 0 atom stereocenters. The lowest BCUT2D eigenvalue weighted by atomic mass is 9.74. The summed E-state index contributed by atoms with van der Waals surface area (Å²) in [5.74, 6) is -0.785. The SMILES string of the molecule is CNCC1CC(C(F)(F)F)C1.Cl. The van der Waals surface area contributed by atoms with Crippen LogP contribution in [-0.4, -0.2) is 19.8 Å². The summed E-state index contributed by atoms with van der Waals surface area (Å²) in [6.45, 7) is 0.715. The number of halogens is 4. The second-order valence-electron chi connectivity index (χ2n) is 3.13. The van der Waals surface area contributed by atoms with Crippen LogP contribution in [0.5, 0.6) is 0 Å². The molecule has 0 aliphatic heterocycles. The highest BCUT2D eigenvalue weighted by Gasteiger charge is 2.47. The Hall–Kier alpha value is 0.0400. The van der Waals surface area contributed by atoms with E-state index < -0.39 is 12.1 Å². The summed E-state index contributed by atoms with van der Waals surface area (Å²) < 4.78 is 35.7. The van der Waals surface area contributed by atoms with E-state index in [9.17, 15) is 13.2 Å². The normalized spacial score (nSPS) is 29.0. The van der Waals surface area contributed by atoms with Crippen molar-refractivity contribution in [3.8, 4) is 0 Å². The van der Waals surface area contributed by atoms with Gasteiger partial charge in [-0.15, -0.1) is 12.4 Å². The highest BCUT2D eigenvalue weighted by molar-refractivity contribution is 5.85. The number of nitrogens with one attached hydrogen (secondary N) is 1. The van der Waals surface area contributed by atoms with Crippen LogP contribution in [0.3, 0.4) is 0 Å². The number of rotatable bonds is 2. The van der Waals surface area contributed by atoms with Crippen molar-refractivity contribution in [2.24, 2.45) is 11.8 Å². The minimum Gasteiger partial charge on any atom is -0.319 e. The Morgan fingerprint density at radius 1 is 1.33 bits per heavy atom. The van der Waals surface area contributed by atoms with Crippen LogP contribution in [0, 0.1) is 11.8 Å². The largest absolute Gasteiger partial charge is 0.391 e. The first-order valence-electron chi connectivity index (χ1n) is 3.75. The zero-order valence-corrected chi connectivity index (χ0v) is 7.63. The van der Waals surface area contributed by atoms with Gasteiger partial charge >= 0.3 is 6.18 Å². The van der Waals surface area contributed by atoms with Crippen molar-refractivity contribution in [1.82, 2.24) is 5.32 Å². The molecule has 0 radical (unpaired) electrons. The molecule has 0 heterocycles. The van der Waals surface area contributed by atoms with Crippen molar-refractivity contribution in [3.63, 3.8) is 0 Å². The van der Waals surface area contributed by atoms with Gasteiger partial charge in [-0.3, -0.25) is 0 Å². The fourth-order valence-corrected chi connectivity index (χ4v) is 1.46. The smallest absolute Gasteiger partial charge is 0.319 e. The van der Waals surface area contributed by atoms with Crippen molar-refractivity contribution in [3.05, 3.63) is 0 Å². The van der Waals surface area contributed by atoms with Gasteiger partial charge in [-0.1, -0.05) is 0 Å². The van der Waals surface area contributed by atoms with Gasteiger partial charge in [0.15, 0.2) is 0 Å². The lowest BCUT2D eigenvalue weighted by molar-refractivity contribution is -0.203. The zero-order chi connectivity index (χ0) is 8.48. The Bertz CT molecular complexity index is 131. The van der Waals surface area contributed by atoms with E-state index >= 15 is 0 Å². The lowest BCUT2D eigenvalue weighted by Gasteiger charge is -2.36. The van der Waals surface area contributed by atoms with Gasteiger partial charge in [0.2, 0.25) is 0 Å². The average molecular weight is 204 g/mol. The van der Waals surface area contributed by atoms with E-state index in [1.165, 1.54) is 0 Å². The molecule has 1 N–H and O–H groups in total. The first kappa shape index (κ1) is 12.0. The van der Waals surface area contributed by atoms with Crippen LogP contribution in [0.2, 0.25) is 0 Å². The maximum Gasteiger partial charge on any atom is 0.391 e. The van der Waals surface area contributed by atoms with Crippen molar-refractivity contribution in [1.29, 1.82) is 0 Å². The van der Waals surface area contributed by atoms with Gasteiger partial charge in [0.05, 0.1) is 5.92 Å². The first-order valence-corrected chi connectivity index (χ1v) is 3.75. The molecule has 1 fully saturated rings. The van der Waals surface area contributed by atoms with Gasteiger partial charge in [-0.25, -0.2) is 0 Å². The van der Waals surface area contributed by atoms with Gasteiger partial charge in [-0.05, 0) is 32.4 Å². The topological polar surface area (TPSA) is 12.0 Å². The molecule has 74 valence electrons. The van der Waals surface area contributed by atoms with Gasteiger partial charge in [0.1, 0.15) is 0 Å². The summed E-state index contributed by atoms with van der Waals surface area (Å²) in [5, 5.41) is 2.87. The molecular formula is C7H13ClF3N. The van der Waals surface area contributed by atoms with Crippen LogP contribution in [0.15, 0.2) is 0 Å². The Kier molecular flexibility index (Phi) is 4.34. The van der Waals surface area contributed by atoms with E-state index in [2.05, 4.69) is 5.32 Å². The van der Waals surface area contributed by atoms with E-state index in [0.717, 1.165) is 0 Å². The molecule has 0 spiro atoms. The molecular weight excluding hydrogens is 191 g/mol. The van der Waals surface area contributed by atoms with Gasteiger partial charge in [0, 0.05) is 0 Å². The molecule has 0 aromatic heterocycles. The second kappa shape index (κ2) is 4.33. The third kappa shape index (κ3) is 2.83. The molecule has 0 unspecified atom stereocenters. The summed E-state index contributed by atoms with van der Waals surface area (Å²) in [6.07, 6.45) is -3.33. The minimum absolute atomic E-state index is 0. The summed E-state index contributed by atoms with van der Waals surface area (Å²) >= 11 is 0. The Labute approximate surface area is 76.1 Å². The maximum atomic E-state index is 11.9. The van der Waals surface area contributed by atoms with Gasteiger partial charge < -0.3 is 5.32 Å². The van der Waals surface area contributed by atoms with Crippen LogP contribution >= 0.6 is 12.4 Å². The standard InChI is InChI=1S/C7H12F3N.ClH/c1-11-4-5-2-6(3-5)7(8,9)10;/h5-6,11H,2-4H2,1H3;1H. The van der Waals surface area contributed by atoms with Crippen molar-refractivity contribution < 1.29 is 13.2 Å². The van der Waals surface area contributed by atoms with Crippen LogP contribution in [0.4, 0.5) is 13.2 Å². The molecule has 1 aliphatic carbocycles. The molecule has 0 aromatic rings. The Morgan fingerprint density at radius 2 is 1.83 bits per heavy atom. The van der Waals surface area contributed by atoms with Gasteiger partial charge in [0.25, 0.3) is 0 Å². The van der Waals surface area contributed by atoms with E-state index in [-0.39, 0.29) is 18.3 Å². The van der Waals surface area contributed by atoms with Crippen molar-refractivity contribution in [2.75, 3.05) is 13.6 Å². The van der Waals surface area contributed by atoms with E-state index in [1.54, 1.807) is 7.05 Å². The van der Waals surface area contributed by atoms with Crippen LogP contribution in [0.1, 0.15) is 12.8 Å². The van der Waals surface area contributed by atoms with Crippen LogP contribution < -0.4 is 5.32 Å². The van der Waals surface area contributed by atoms with E-state index in [0.29, 0.717) is 19.4 Å².